The molecule has 1 rings (SSSR count). The molecule has 0 bridgehead atoms. The van der Waals surface area contributed by atoms with Crippen LogP contribution in [-0.4, -0.2) is 28.8 Å². The van der Waals surface area contributed by atoms with Gasteiger partial charge in [-0.25, -0.2) is 0 Å². The van der Waals surface area contributed by atoms with Crippen LogP contribution >= 0.6 is 0 Å². The third-order valence-electron chi connectivity index (χ3n) is 2.63. The molecule has 0 aromatic heterocycles. The van der Waals surface area contributed by atoms with Crippen molar-refractivity contribution in [3.05, 3.63) is 38.4 Å². The lowest BCUT2D eigenvalue weighted by Gasteiger charge is -2.07. The summed E-state index contributed by atoms with van der Waals surface area (Å²) in [5, 5.41) is 26.9. The van der Waals surface area contributed by atoms with Crippen molar-refractivity contribution in [1.82, 2.24) is 5.32 Å². The van der Waals surface area contributed by atoms with Gasteiger partial charge in [0.2, 0.25) is 5.91 Å². The molecule has 0 atom stereocenters. The van der Waals surface area contributed by atoms with Gasteiger partial charge in [0.05, 0.1) is 15.9 Å². The second-order valence-corrected chi connectivity index (χ2v) is 4.24. The van der Waals surface area contributed by atoms with Crippen molar-refractivity contribution in [3.8, 4) is 0 Å². The maximum absolute atomic E-state index is 11.4. The minimum atomic E-state index is -0.702. The van der Waals surface area contributed by atoms with Gasteiger partial charge in [0.25, 0.3) is 11.4 Å². The van der Waals surface area contributed by atoms with Gasteiger partial charge in [-0.2, -0.15) is 0 Å². The molecule has 0 saturated heterocycles. The molecular weight excluding hydrogens is 280 g/mol. The average Bonchev–Trinajstić information content (AvgIpc) is 2.44. The first-order chi connectivity index (χ1) is 9.95. The Balaban J connectivity index is 2.68. The molecule has 0 heterocycles. The molecule has 1 aromatic carbocycles. The molecule has 9 heteroatoms. The Labute approximate surface area is 120 Å². The predicted octanol–water partition coefficient (Wildman–Crippen LogP) is 1.83. The first-order valence-electron chi connectivity index (χ1n) is 6.39. The fourth-order valence-electron chi connectivity index (χ4n) is 1.60. The summed E-state index contributed by atoms with van der Waals surface area (Å²) >= 11 is 0. The SMILES string of the molecule is CCCNC(=O)CCNc1ccc([N+](=O)[O-])cc1[N+](=O)[O-]. The number of nitrogens with zero attached hydrogens (tertiary/aromatic N) is 2. The van der Waals surface area contributed by atoms with E-state index in [2.05, 4.69) is 10.6 Å². The molecule has 0 radical (unpaired) electrons. The molecule has 0 saturated carbocycles. The number of anilines is 1. The zero-order chi connectivity index (χ0) is 15.8. The highest BCUT2D eigenvalue weighted by atomic mass is 16.6. The van der Waals surface area contributed by atoms with E-state index in [1.54, 1.807) is 0 Å². The standard InChI is InChI=1S/C12H16N4O5/c1-2-6-14-12(17)5-7-13-10-4-3-9(15(18)19)8-11(10)16(20)21/h3-4,8,13H,2,5-7H2,1H3,(H,14,17). The summed E-state index contributed by atoms with van der Waals surface area (Å²) in [6.07, 6.45) is 0.987. The molecular formula is C12H16N4O5. The summed E-state index contributed by atoms with van der Waals surface area (Å²) in [5.41, 5.74) is -0.597. The molecule has 0 aliphatic heterocycles. The maximum Gasteiger partial charge on any atom is 0.299 e. The van der Waals surface area contributed by atoms with Crippen LogP contribution < -0.4 is 10.6 Å². The normalized spacial score (nSPS) is 9.95. The van der Waals surface area contributed by atoms with Gasteiger partial charge in [-0.15, -0.1) is 0 Å². The van der Waals surface area contributed by atoms with Gasteiger partial charge in [-0.05, 0) is 12.5 Å². The van der Waals surface area contributed by atoms with E-state index >= 15 is 0 Å². The zero-order valence-electron chi connectivity index (χ0n) is 11.5. The quantitative estimate of drug-likeness (QED) is 0.556. The van der Waals surface area contributed by atoms with Crippen LogP contribution in [0.4, 0.5) is 17.1 Å². The number of nitrogens with one attached hydrogen (secondary N) is 2. The number of carbonyl (C=O) groups excluding carboxylic acids is 1. The number of carbonyl (C=O) groups is 1. The summed E-state index contributed by atoms with van der Waals surface area (Å²) in [7, 11) is 0. The lowest BCUT2D eigenvalue weighted by Crippen LogP contribution is -2.25. The molecule has 0 fully saturated rings. The third-order valence-corrected chi connectivity index (χ3v) is 2.63. The molecule has 0 aliphatic carbocycles. The number of nitro benzene ring substituents is 2. The van der Waals surface area contributed by atoms with E-state index in [4.69, 9.17) is 0 Å². The molecule has 9 nitrogen and oxygen atoms in total. The Bertz CT molecular complexity index is 546. The van der Waals surface area contributed by atoms with Crippen molar-refractivity contribution in [2.75, 3.05) is 18.4 Å². The van der Waals surface area contributed by atoms with Gasteiger partial charge in [0.15, 0.2) is 0 Å². The van der Waals surface area contributed by atoms with Crippen LogP contribution in [0.5, 0.6) is 0 Å². The van der Waals surface area contributed by atoms with Crippen molar-refractivity contribution in [2.24, 2.45) is 0 Å². The van der Waals surface area contributed by atoms with Gasteiger partial charge in [0.1, 0.15) is 5.69 Å². The van der Waals surface area contributed by atoms with E-state index in [9.17, 15) is 25.0 Å². The molecule has 0 spiro atoms. The Morgan fingerprint density at radius 3 is 2.48 bits per heavy atom. The Morgan fingerprint density at radius 1 is 1.19 bits per heavy atom. The summed E-state index contributed by atoms with van der Waals surface area (Å²) in [5.74, 6) is -0.158. The van der Waals surface area contributed by atoms with Crippen molar-refractivity contribution in [2.45, 2.75) is 19.8 Å². The molecule has 1 amide bonds. The lowest BCUT2D eigenvalue weighted by molar-refractivity contribution is -0.393. The van der Waals surface area contributed by atoms with Crippen LogP contribution in [0.25, 0.3) is 0 Å². The fourth-order valence-corrected chi connectivity index (χ4v) is 1.60. The van der Waals surface area contributed by atoms with Crippen LogP contribution in [-0.2, 0) is 4.79 Å². The van der Waals surface area contributed by atoms with Gasteiger partial charge in [-0.1, -0.05) is 6.92 Å². The van der Waals surface area contributed by atoms with Crippen LogP contribution in [0.15, 0.2) is 18.2 Å². The average molecular weight is 296 g/mol. The highest BCUT2D eigenvalue weighted by molar-refractivity contribution is 5.76. The summed E-state index contributed by atoms with van der Waals surface area (Å²) in [4.78, 5) is 31.5. The molecule has 21 heavy (non-hydrogen) atoms. The predicted molar refractivity (Wildman–Crippen MR) is 76.2 cm³/mol. The first-order valence-corrected chi connectivity index (χ1v) is 6.39. The number of hydrogen-bond acceptors (Lipinski definition) is 6. The van der Waals surface area contributed by atoms with E-state index in [-0.39, 0.29) is 30.2 Å². The third kappa shape index (κ3) is 5.05. The van der Waals surface area contributed by atoms with Crippen LogP contribution in [0, 0.1) is 20.2 Å². The van der Waals surface area contributed by atoms with Crippen molar-refractivity contribution >= 4 is 23.0 Å². The van der Waals surface area contributed by atoms with E-state index < -0.39 is 15.5 Å². The van der Waals surface area contributed by atoms with Crippen molar-refractivity contribution < 1.29 is 14.6 Å². The second-order valence-electron chi connectivity index (χ2n) is 4.24. The summed E-state index contributed by atoms with van der Waals surface area (Å²) in [6, 6.07) is 3.33. The van der Waals surface area contributed by atoms with Crippen LogP contribution in [0.2, 0.25) is 0 Å². The van der Waals surface area contributed by atoms with Gasteiger partial charge in [-0.3, -0.25) is 25.0 Å². The topological polar surface area (TPSA) is 127 Å². The highest BCUT2D eigenvalue weighted by Gasteiger charge is 2.19. The van der Waals surface area contributed by atoms with E-state index in [1.807, 2.05) is 6.92 Å². The van der Waals surface area contributed by atoms with Crippen molar-refractivity contribution in [3.63, 3.8) is 0 Å². The van der Waals surface area contributed by atoms with E-state index in [0.29, 0.717) is 6.54 Å². The van der Waals surface area contributed by atoms with Gasteiger partial charge < -0.3 is 10.6 Å². The van der Waals surface area contributed by atoms with Crippen LogP contribution in [0.3, 0.4) is 0 Å². The second kappa shape index (κ2) is 7.78. The molecule has 1 aromatic rings. The fraction of sp³-hybridized carbons (Fsp3) is 0.417. The van der Waals surface area contributed by atoms with Gasteiger partial charge in [0, 0.05) is 25.6 Å². The number of non-ortho nitro benzene ring substituents is 1. The Kier molecular flexibility index (Phi) is 6.05. The van der Waals surface area contributed by atoms with Crippen LogP contribution in [0.1, 0.15) is 19.8 Å². The monoisotopic (exact) mass is 296 g/mol. The van der Waals surface area contributed by atoms with Crippen molar-refractivity contribution in [1.29, 1.82) is 0 Å². The number of benzene rings is 1. The molecule has 0 aliphatic rings. The lowest BCUT2D eigenvalue weighted by atomic mass is 10.2. The first kappa shape index (κ1) is 16.3. The number of amides is 1. The zero-order valence-corrected chi connectivity index (χ0v) is 11.5. The Morgan fingerprint density at radius 2 is 1.90 bits per heavy atom. The van der Waals surface area contributed by atoms with Gasteiger partial charge >= 0.3 is 0 Å². The summed E-state index contributed by atoms with van der Waals surface area (Å²) < 4.78 is 0. The minimum Gasteiger partial charge on any atom is -0.379 e. The molecule has 114 valence electrons. The smallest absolute Gasteiger partial charge is 0.299 e. The van der Waals surface area contributed by atoms with E-state index in [1.165, 1.54) is 12.1 Å². The highest BCUT2D eigenvalue weighted by Crippen LogP contribution is 2.28. The number of nitro groups is 2. The maximum atomic E-state index is 11.4. The minimum absolute atomic E-state index is 0.147. The molecule has 0 unspecified atom stereocenters. The largest absolute Gasteiger partial charge is 0.379 e. The Hall–Kier alpha value is -2.71. The van der Waals surface area contributed by atoms with E-state index in [0.717, 1.165) is 12.5 Å². The summed E-state index contributed by atoms with van der Waals surface area (Å²) in [6.45, 7) is 2.71. The number of rotatable bonds is 8. The molecule has 2 N–H and O–H groups in total. The number of hydrogen-bond donors (Lipinski definition) is 2.